The number of hydrogen-bond acceptors (Lipinski definition) is 7. The van der Waals surface area contributed by atoms with E-state index in [0.717, 1.165) is 0 Å². The van der Waals surface area contributed by atoms with E-state index in [1.54, 1.807) is 54.0 Å². The normalized spacial score (nSPS) is 18.5. The average Bonchev–Trinajstić information content (AvgIpc) is 3.31. The standard InChI is InChI=1S/C26H25N5O5/c27-31-29-22-10-5-4-9-20(22)17-26(25(33)30-34)23(18-7-2-1-3-8-18)36-24(28-26)19-11-13-21(14-12-19)35-16-6-15-32/h1-5,7-14,23,32,34H,6,15-17H2,(H,30,33)/t23-,26-/m0/s1. The van der Waals surface area contributed by atoms with Crippen LogP contribution in [0, 0.1) is 0 Å². The van der Waals surface area contributed by atoms with E-state index in [4.69, 9.17) is 25.1 Å². The van der Waals surface area contributed by atoms with Crippen molar-refractivity contribution < 1.29 is 24.6 Å². The highest BCUT2D eigenvalue weighted by Crippen LogP contribution is 2.43. The zero-order valence-electron chi connectivity index (χ0n) is 19.3. The third kappa shape index (κ3) is 5.16. The van der Waals surface area contributed by atoms with Crippen LogP contribution in [0.2, 0.25) is 0 Å². The summed E-state index contributed by atoms with van der Waals surface area (Å²) < 4.78 is 11.9. The summed E-state index contributed by atoms with van der Waals surface area (Å²) in [5, 5.41) is 22.4. The number of carbonyl (C=O) groups is 1. The van der Waals surface area contributed by atoms with Crippen molar-refractivity contribution in [1.29, 1.82) is 0 Å². The summed E-state index contributed by atoms with van der Waals surface area (Å²) in [4.78, 5) is 20.9. The van der Waals surface area contributed by atoms with Gasteiger partial charge in [0.2, 0.25) is 5.90 Å². The highest BCUT2D eigenvalue weighted by molar-refractivity contribution is 6.01. The number of aliphatic hydroxyl groups is 1. The molecule has 0 unspecified atom stereocenters. The Bertz CT molecular complexity index is 1280. The monoisotopic (exact) mass is 487 g/mol. The topological polar surface area (TPSA) is 149 Å². The van der Waals surface area contributed by atoms with Crippen molar-refractivity contribution >= 4 is 17.5 Å². The van der Waals surface area contributed by atoms with Gasteiger partial charge in [-0.15, -0.1) is 0 Å². The number of nitrogens with zero attached hydrogens (tertiary/aromatic N) is 4. The lowest BCUT2D eigenvalue weighted by atomic mass is 9.82. The Kier molecular flexibility index (Phi) is 7.82. The Hall–Kier alpha value is -4.37. The summed E-state index contributed by atoms with van der Waals surface area (Å²) in [6, 6.07) is 23.0. The van der Waals surface area contributed by atoms with Gasteiger partial charge < -0.3 is 14.6 Å². The van der Waals surface area contributed by atoms with Gasteiger partial charge in [0.25, 0.3) is 5.91 Å². The first-order valence-electron chi connectivity index (χ1n) is 11.3. The van der Waals surface area contributed by atoms with Gasteiger partial charge in [0.1, 0.15) is 5.75 Å². The summed E-state index contributed by atoms with van der Waals surface area (Å²) in [6.45, 7) is 0.426. The van der Waals surface area contributed by atoms with Crippen molar-refractivity contribution in [3.05, 3.63) is 106 Å². The zero-order valence-corrected chi connectivity index (χ0v) is 19.3. The minimum absolute atomic E-state index is 0.00000205. The number of aliphatic imine (C=N–C) groups is 1. The molecule has 36 heavy (non-hydrogen) atoms. The maximum atomic E-state index is 13.3. The molecule has 0 saturated carbocycles. The Morgan fingerprint density at radius 3 is 2.53 bits per heavy atom. The van der Waals surface area contributed by atoms with Crippen LogP contribution >= 0.6 is 0 Å². The van der Waals surface area contributed by atoms with Crippen LogP contribution in [0.3, 0.4) is 0 Å². The Morgan fingerprint density at radius 2 is 1.83 bits per heavy atom. The fraction of sp³-hybridized carbons (Fsp3) is 0.231. The zero-order chi connectivity index (χ0) is 25.4. The molecule has 0 saturated heterocycles. The van der Waals surface area contributed by atoms with E-state index in [9.17, 15) is 10.0 Å². The second-order valence-corrected chi connectivity index (χ2v) is 8.14. The summed E-state index contributed by atoms with van der Waals surface area (Å²) in [7, 11) is 0. The van der Waals surface area contributed by atoms with Crippen molar-refractivity contribution in [2.24, 2.45) is 10.1 Å². The predicted molar refractivity (Wildman–Crippen MR) is 132 cm³/mol. The van der Waals surface area contributed by atoms with E-state index in [2.05, 4.69) is 10.0 Å². The quantitative estimate of drug-likeness (QED) is 0.0968. The summed E-state index contributed by atoms with van der Waals surface area (Å²) in [5.41, 5.74) is 11.4. The predicted octanol–water partition coefficient (Wildman–Crippen LogP) is 4.39. The number of hydroxylamine groups is 1. The van der Waals surface area contributed by atoms with Crippen LogP contribution in [0.25, 0.3) is 10.4 Å². The second kappa shape index (κ2) is 11.4. The van der Waals surface area contributed by atoms with E-state index in [1.165, 1.54) is 0 Å². The van der Waals surface area contributed by atoms with Gasteiger partial charge in [0, 0.05) is 35.6 Å². The fourth-order valence-electron chi connectivity index (χ4n) is 4.10. The van der Waals surface area contributed by atoms with Gasteiger partial charge in [0.05, 0.1) is 6.61 Å². The van der Waals surface area contributed by atoms with Gasteiger partial charge in [-0.2, -0.15) is 0 Å². The Morgan fingerprint density at radius 1 is 1.11 bits per heavy atom. The molecule has 4 rings (SSSR count). The number of azide groups is 1. The largest absolute Gasteiger partial charge is 0.494 e. The summed E-state index contributed by atoms with van der Waals surface area (Å²) >= 11 is 0. The summed E-state index contributed by atoms with van der Waals surface area (Å²) in [5.74, 6) is 0.0785. The van der Waals surface area contributed by atoms with Crippen LogP contribution in [0.5, 0.6) is 5.75 Å². The van der Waals surface area contributed by atoms with Crippen LogP contribution in [0.15, 0.2) is 89.0 Å². The molecule has 3 N–H and O–H groups in total. The minimum Gasteiger partial charge on any atom is -0.494 e. The number of carbonyl (C=O) groups excluding carboxylic acids is 1. The molecule has 1 heterocycles. The second-order valence-electron chi connectivity index (χ2n) is 8.14. The third-order valence-corrected chi connectivity index (χ3v) is 5.84. The molecule has 3 aromatic carbocycles. The molecule has 0 radical (unpaired) electrons. The number of amides is 1. The van der Waals surface area contributed by atoms with Crippen molar-refractivity contribution in [3.8, 4) is 5.75 Å². The van der Waals surface area contributed by atoms with Crippen molar-refractivity contribution in [3.63, 3.8) is 0 Å². The molecule has 1 aliphatic rings. The van der Waals surface area contributed by atoms with Crippen LogP contribution in [0.1, 0.15) is 29.2 Å². The molecule has 3 aromatic rings. The van der Waals surface area contributed by atoms with Gasteiger partial charge in [-0.1, -0.05) is 59.7 Å². The molecule has 1 aliphatic heterocycles. The van der Waals surface area contributed by atoms with Crippen molar-refractivity contribution in [2.45, 2.75) is 24.5 Å². The third-order valence-electron chi connectivity index (χ3n) is 5.84. The molecule has 1 amide bonds. The van der Waals surface area contributed by atoms with E-state index >= 15 is 0 Å². The van der Waals surface area contributed by atoms with Crippen molar-refractivity contribution in [1.82, 2.24) is 5.48 Å². The molecule has 0 fully saturated rings. The lowest BCUT2D eigenvalue weighted by Gasteiger charge is -2.30. The van der Waals surface area contributed by atoms with Gasteiger partial charge in [0.15, 0.2) is 11.6 Å². The van der Waals surface area contributed by atoms with Gasteiger partial charge in [-0.05, 0) is 40.9 Å². The molecular weight excluding hydrogens is 462 g/mol. The minimum atomic E-state index is -1.59. The molecule has 0 bridgehead atoms. The number of benzene rings is 3. The van der Waals surface area contributed by atoms with Crippen LogP contribution < -0.4 is 10.2 Å². The molecule has 0 aromatic heterocycles. The maximum absolute atomic E-state index is 13.3. The Labute approximate surface area is 207 Å². The Balaban J connectivity index is 1.78. The van der Waals surface area contributed by atoms with Gasteiger partial charge >= 0.3 is 0 Å². The molecule has 10 nitrogen and oxygen atoms in total. The van der Waals surface area contributed by atoms with Crippen molar-refractivity contribution in [2.75, 3.05) is 13.2 Å². The van der Waals surface area contributed by atoms with Crippen LogP contribution in [0.4, 0.5) is 5.69 Å². The SMILES string of the molecule is [N-]=[N+]=Nc1ccccc1C[C@]1(C(=O)NO)N=C(c2ccc(OCCCO)cc2)O[C@H]1c1ccccc1. The molecule has 0 aliphatic carbocycles. The smallest absolute Gasteiger partial charge is 0.275 e. The van der Waals surface area contributed by atoms with Crippen LogP contribution in [-0.2, 0) is 16.0 Å². The lowest BCUT2D eigenvalue weighted by Crippen LogP contribution is -2.49. The fourth-order valence-corrected chi connectivity index (χ4v) is 4.10. The first-order valence-corrected chi connectivity index (χ1v) is 11.3. The van der Waals surface area contributed by atoms with Gasteiger partial charge in [-0.25, -0.2) is 10.5 Å². The lowest BCUT2D eigenvalue weighted by molar-refractivity contribution is -0.137. The van der Waals surface area contributed by atoms with Gasteiger partial charge in [-0.3, -0.25) is 10.0 Å². The number of ether oxygens (including phenoxy) is 2. The van der Waals surface area contributed by atoms with E-state index in [1.807, 2.05) is 30.3 Å². The first kappa shape index (κ1) is 24.7. The highest BCUT2D eigenvalue weighted by atomic mass is 16.5. The number of nitrogens with one attached hydrogen (secondary N) is 1. The first-order chi connectivity index (χ1) is 17.6. The van der Waals surface area contributed by atoms with Crippen LogP contribution in [-0.4, -0.2) is 40.9 Å². The highest BCUT2D eigenvalue weighted by Gasteiger charge is 2.53. The number of rotatable bonds is 10. The number of hydrogen-bond donors (Lipinski definition) is 3. The summed E-state index contributed by atoms with van der Waals surface area (Å²) in [6.07, 6.45) is -0.354. The molecule has 0 spiro atoms. The maximum Gasteiger partial charge on any atom is 0.275 e. The van der Waals surface area contributed by atoms with E-state index < -0.39 is 17.6 Å². The molecular formula is C26H25N5O5. The van der Waals surface area contributed by atoms with E-state index in [0.29, 0.717) is 41.2 Å². The molecule has 10 heteroatoms. The molecule has 2 atom stereocenters. The van der Waals surface area contributed by atoms with E-state index in [-0.39, 0.29) is 18.9 Å². The average molecular weight is 488 g/mol. The molecule has 184 valence electrons. The number of aliphatic hydroxyl groups excluding tert-OH is 1.